The van der Waals surface area contributed by atoms with Crippen molar-refractivity contribution < 1.29 is 19.1 Å². The van der Waals surface area contributed by atoms with Crippen LogP contribution in [0.2, 0.25) is 0 Å². The van der Waals surface area contributed by atoms with Crippen LogP contribution in [0.5, 0.6) is 0 Å². The van der Waals surface area contributed by atoms with E-state index in [1.54, 1.807) is 0 Å². The molecule has 0 amide bonds. The number of carbonyl (C=O) groups excluding carboxylic acids is 2. The Kier molecular flexibility index (Phi) is 29.7. The molecule has 47 heavy (non-hydrogen) atoms. The highest BCUT2D eigenvalue weighted by Gasteiger charge is 2.29. The summed E-state index contributed by atoms with van der Waals surface area (Å²) in [7, 11) is 0. The lowest BCUT2D eigenvalue weighted by atomic mass is 9.98. The molecule has 0 radical (unpaired) electrons. The first-order chi connectivity index (χ1) is 23.2. The normalized spacial score (nSPS) is 14.8. The zero-order valence-corrected chi connectivity index (χ0v) is 30.1. The molecule has 1 rings (SSSR count). The molecule has 2 atom stereocenters. The monoisotopic (exact) mass is 647 g/mol. The molecule has 0 saturated carbocycles. The summed E-state index contributed by atoms with van der Waals surface area (Å²) < 4.78 is 11.2. The predicted molar refractivity (Wildman–Crippen MR) is 195 cm³/mol. The summed E-state index contributed by atoms with van der Waals surface area (Å²) in [5, 5.41) is 3.35. The van der Waals surface area contributed by atoms with Crippen LogP contribution in [0.3, 0.4) is 0 Å². The van der Waals surface area contributed by atoms with E-state index >= 15 is 0 Å². The fourth-order valence-electron chi connectivity index (χ4n) is 5.37. The van der Waals surface area contributed by atoms with Gasteiger partial charge in [-0.2, -0.15) is 0 Å². The van der Waals surface area contributed by atoms with Gasteiger partial charge in [-0.1, -0.05) is 102 Å². The van der Waals surface area contributed by atoms with E-state index in [4.69, 9.17) is 9.47 Å². The molecule has 1 saturated heterocycles. The van der Waals surface area contributed by atoms with Crippen LogP contribution in [0.25, 0.3) is 0 Å². The van der Waals surface area contributed by atoms with E-state index in [0.717, 1.165) is 103 Å². The van der Waals surface area contributed by atoms with Gasteiger partial charge in [-0.25, -0.2) is 0 Å². The van der Waals surface area contributed by atoms with Crippen LogP contribution in [0.1, 0.15) is 168 Å². The Morgan fingerprint density at radius 3 is 1.21 bits per heavy atom. The molecule has 0 aromatic carbocycles. The highest BCUT2D eigenvalue weighted by Crippen LogP contribution is 2.19. The number of esters is 2. The summed E-state index contributed by atoms with van der Waals surface area (Å²) in [5.41, 5.74) is 0. The van der Waals surface area contributed by atoms with Gasteiger partial charge < -0.3 is 14.8 Å². The minimum absolute atomic E-state index is 0.121. The molecule has 1 fully saturated rings. The molecule has 0 aliphatic carbocycles. The Hall–Kier alpha value is -2.86. The van der Waals surface area contributed by atoms with Gasteiger partial charge in [-0.15, -0.1) is 23.7 Å². The van der Waals surface area contributed by atoms with Crippen molar-refractivity contribution in [3.8, 4) is 47.4 Å². The molecule has 5 nitrogen and oxygen atoms in total. The Balaban J connectivity index is 1.98. The Bertz CT molecular complexity index is 967. The summed E-state index contributed by atoms with van der Waals surface area (Å²) in [6, 6.07) is 0. The third-order valence-corrected chi connectivity index (χ3v) is 8.43. The van der Waals surface area contributed by atoms with E-state index in [2.05, 4.69) is 66.5 Å². The largest absolute Gasteiger partial charge is 0.465 e. The van der Waals surface area contributed by atoms with Crippen molar-refractivity contribution in [1.29, 1.82) is 0 Å². The number of rotatable bonds is 24. The predicted octanol–water partition coefficient (Wildman–Crippen LogP) is 9.32. The summed E-state index contributed by atoms with van der Waals surface area (Å²) in [4.78, 5) is 24.5. The standard InChI is InChI=1S/C42H65NO4/c1-3-5-7-9-11-13-15-17-19-21-23-25-27-29-31-33-41(44)46-37-39-35-43-36-40(39)38-47-42(45)34-32-30-28-26-24-22-20-18-16-14-12-10-8-6-4-2/h39-40,43H,3-10,15-16,21-38H2,1-2H3. The quantitative estimate of drug-likeness (QED) is 0.0643. The summed E-state index contributed by atoms with van der Waals surface area (Å²) in [6.07, 6.45) is 24.1. The van der Waals surface area contributed by atoms with Crippen LogP contribution in [-0.2, 0) is 19.1 Å². The molecule has 262 valence electrons. The van der Waals surface area contributed by atoms with Crippen LogP contribution in [0, 0.1) is 59.2 Å². The maximum atomic E-state index is 12.3. The number of unbranched alkanes of at least 4 members (excludes halogenated alkanes) is 16. The van der Waals surface area contributed by atoms with Gasteiger partial charge in [0.2, 0.25) is 0 Å². The smallest absolute Gasteiger partial charge is 0.305 e. The molecule has 1 heterocycles. The summed E-state index contributed by atoms with van der Waals surface area (Å²) >= 11 is 0. The minimum Gasteiger partial charge on any atom is -0.465 e. The Labute approximate surface area is 289 Å². The maximum absolute atomic E-state index is 12.3. The molecule has 5 heteroatoms. The SMILES string of the molecule is CCCCCC#CCC#CCCCCCCCC(=O)OCC1CNCC1COC(=O)CCCCCCCC#CCC#CCCCCC. The van der Waals surface area contributed by atoms with Crippen LogP contribution in [-0.4, -0.2) is 38.2 Å². The molecule has 0 bridgehead atoms. The van der Waals surface area contributed by atoms with Crippen molar-refractivity contribution in [3.05, 3.63) is 0 Å². The third-order valence-electron chi connectivity index (χ3n) is 8.43. The second-order valence-electron chi connectivity index (χ2n) is 12.8. The Morgan fingerprint density at radius 2 is 0.830 bits per heavy atom. The topological polar surface area (TPSA) is 64.6 Å². The number of hydrogen-bond acceptors (Lipinski definition) is 5. The van der Waals surface area contributed by atoms with Gasteiger partial charge in [0.15, 0.2) is 0 Å². The fourth-order valence-corrected chi connectivity index (χ4v) is 5.37. The van der Waals surface area contributed by atoms with E-state index in [-0.39, 0.29) is 23.8 Å². The van der Waals surface area contributed by atoms with Gasteiger partial charge in [0, 0.05) is 63.5 Å². The van der Waals surface area contributed by atoms with Gasteiger partial charge in [0.05, 0.1) is 26.1 Å². The van der Waals surface area contributed by atoms with Crippen LogP contribution in [0.4, 0.5) is 0 Å². The first-order valence-electron chi connectivity index (χ1n) is 19.0. The average molecular weight is 648 g/mol. The average Bonchev–Trinajstić information content (AvgIpc) is 3.53. The first-order valence-corrected chi connectivity index (χ1v) is 19.0. The molecule has 0 spiro atoms. The zero-order valence-electron chi connectivity index (χ0n) is 30.1. The number of hydrogen-bond donors (Lipinski definition) is 1. The maximum Gasteiger partial charge on any atom is 0.305 e. The van der Waals surface area contributed by atoms with E-state index in [1.807, 2.05) is 0 Å². The summed E-state index contributed by atoms with van der Waals surface area (Å²) in [5.74, 6) is 25.6. The van der Waals surface area contributed by atoms with Crippen molar-refractivity contribution >= 4 is 11.9 Å². The highest BCUT2D eigenvalue weighted by atomic mass is 16.5. The van der Waals surface area contributed by atoms with Crippen molar-refractivity contribution in [2.75, 3.05) is 26.3 Å². The van der Waals surface area contributed by atoms with Crippen molar-refractivity contribution in [1.82, 2.24) is 5.32 Å². The van der Waals surface area contributed by atoms with Gasteiger partial charge in [-0.3, -0.25) is 9.59 Å². The van der Waals surface area contributed by atoms with Crippen molar-refractivity contribution in [2.24, 2.45) is 11.8 Å². The van der Waals surface area contributed by atoms with Gasteiger partial charge in [-0.05, 0) is 38.5 Å². The molecule has 1 aliphatic rings. The second-order valence-corrected chi connectivity index (χ2v) is 12.8. The number of nitrogens with one attached hydrogen (secondary N) is 1. The minimum atomic E-state index is -0.121. The van der Waals surface area contributed by atoms with Crippen molar-refractivity contribution in [2.45, 2.75) is 168 Å². The number of carbonyl (C=O) groups is 2. The Morgan fingerprint density at radius 1 is 0.489 bits per heavy atom. The lowest BCUT2D eigenvalue weighted by molar-refractivity contribution is -0.149. The third kappa shape index (κ3) is 27.9. The van der Waals surface area contributed by atoms with Crippen LogP contribution in [0.15, 0.2) is 0 Å². The molecule has 0 aromatic rings. The molecule has 1 N–H and O–H groups in total. The lowest BCUT2D eigenvalue weighted by Crippen LogP contribution is -2.25. The molecule has 2 unspecified atom stereocenters. The molecular formula is C42H65NO4. The number of ether oxygens (including phenoxy) is 2. The summed E-state index contributed by atoms with van der Waals surface area (Å²) in [6.45, 7) is 6.79. The molecule has 1 aliphatic heterocycles. The molecular weight excluding hydrogens is 582 g/mol. The van der Waals surface area contributed by atoms with E-state index in [1.165, 1.54) is 38.5 Å². The lowest BCUT2D eigenvalue weighted by Gasteiger charge is -2.18. The van der Waals surface area contributed by atoms with E-state index < -0.39 is 0 Å². The van der Waals surface area contributed by atoms with Gasteiger partial charge >= 0.3 is 11.9 Å². The second kappa shape index (κ2) is 33.1. The fraction of sp³-hybridized carbons (Fsp3) is 0.762. The first kappa shape index (κ1) is 42.2. The van der Waals surface area contributed by atoms with E-state index in [0.29, 0.717) is 38.9 Å². The van der Waals surface area contributed by atoms with Crippen molar-refractivity contribution in [3.63, 3.8) is 0 Å². The molecule has 0 aromatic heterocycles. The van der Waals surface area contributed by atoms with Crippen LogP contribution < -0.4 is 5.32 Å². The van der Waals surface area contributed by atoms with Gasteiger partial charge in [0.1, 0.15) is 0 Å². The highest BCUT2D eigenvalue weighted by molar-refractivity contribution is 5.69. The van der Waals surface area contributed by atoms with Gasteiger partial charge in [0.25, 0.3) is 0 Å². The van der Waals surface area contributed by atoms with E-state index in [9.17, 15) is 9.59 Å². The van der Waals surface area contributed by atoms with Crippen LogP contribution >= 0.6 is 0 Å². The zero-order chi connectivity index (χ0) is 33.9.